The van der Waals surface area contributed by atoms with E-state index in [0.717, 1.165) is 0 Å². The first kappa shape index (κ1) is 17.7. The second kappa shape index (κ2) is 7.62. The van der Waals surface area contributed by atoms with Crippen LogP contribution in [0.15, 0.2) is 24.3 Å². The highest BCUT2D eigenvalue weighted by molar-refractivity contribution is 7.56. The van der Waals surface area contributed by atoms with Gasteiger partial charge in [0.25, 0.3) is 0 Å². The molecule has 1 aliphatic heterocycles. The minimum atomic E-state index is -3.03. The lowest BCUT2D eigenvalue weighted by atomic mass is 10.1. The van der Waals surface area contributed by atoms with Crippen LogP contribution in [-0.2, 0) is 14.1 Å². The Hall–Kier alpha value is -1.32. The van der Waals surface area contributed by atoms with Crippen molar-refractivity contribution in [1.29, 1.82) is 0 Å². The summed E-state index contributed by atoms with van der Waals surface area (Å²) in [6.45, 7) is 9.71. The van der Waals surface area contributed by atoms with Gasteiger partial charge >= 0.3 is 13.5 Å². The number of ether oxygens (including phenoxy) is 1. The van der Waals surface area contributed by atoms with Crippen molar-refractivity contribution in [2.45, 2.75) is 33.7 Å². The van der Waals surface area contributed by atoms with Crippen molar-refractivity contribution in [2.24, 2.45) is 5.92 Å². The van der Waals surface area contributed by atoms with Crippen LogP contribution >= 0.6 is 7.52 Å². The van der Waals surface area contributed by atoms with Crippen LogP contribution in [0.2, 0.25) is 0 Å². The lowest BCUT2D eigenvalue weighted by Gasteiger charge is -2.30. The second-order valence-electron chi connectivity index (χ2n) is 5.06. The summed E-state index contributed by atoms with van der Waals surface area (Å²) >= 11 is 0. The highest BCUT2D eigenvalue weighted by atomic mass is 31.2. The molecule has 0 amide bonds. The molecular formula is C15H24NO4P. The van der Waals surface area contributed by atoms with Crippen molar-refractivity contribution in [2.75, 3.05) is 13.3 Å². The van der Waals surface area contributed by atoms with E-state index >= 15 is 0 Å². The molecular weight excluding hydrogens is 289 g/mol. The Morgan fingerprint density at radius 2 is 2.00 bits per heavy atom. The van der Waals surface area contributed by atoms with E-state index in [4.69, 9.17) is 9.26 Å². The minimum Gasteiger partial charge on any atom is -0.464 e. The van der Waals surface area contributed by atoms with Gasteiger partial charge in [0.1, 0.15) is 11.8 Å². The van der Waals surface area contributed by atoms with Crippen molar-refractivity contribution < 1.29 is 18.6 Å². The number of rotatable bonds is 3. The molecule has 118 valence electrons. The Morgan fingerprint density at radius 3 is 2.62 bits per heavy atom. The molecule has 2 rings (SSSR count). The van der Waals surface area contributed by atoms with Gasteiger partial charge in [0.2, 0.25) is 0 Å². The fraction of sp³-hybridized carbons (Fsp3) is 0.533. The molecule has 0 saturated heterocycles. The molecule has 0 spiro atoms. The van der Waals surface area contributed by atoms with Crippen molar-refractivity contribution in [3.8, 4) is 5.75 Å². The van der Waals surface area contributed by atoms with Gasteiger partial charge in [-0.15, -0.1) is 0 Å². The molecule has 1 aromatic rings. The summed E-state index contributed by atoms with van der Waals surface area (Å²) in [5, 5.41) is 2.73. The molecule has 0 bridgehead atoms. The first-order chi connectivity index (χ1) is 9.89. The number of carbonyl (C=O) groups is 1. The highest BCUT2D eigenvalue weighted by Crippen LogP contribution is 2.48. The molecule has 0 aliphatic carbocycles. The third-order valence-electron chi connectivity index (χ3n) is 2.66. The third-order valence-corrected chi connectivity index (χ3v) is 3.93. The second-order valence-corrected chi connectivity index (χ2v) is 7.19. The number of benzene rings is 1. The van der Waals surface area contributed by atoms with Gasteiger partial charge in [0, 0.05) is 12.2 Å². The fourth-order valence-electron chi connectivity index (χ4n) is 1.83. The smallest absolute Gasteiger partial charge is 0.328 e. The van der Waals surface area contributed by atoms with Crippen molar-refractivity contribution >= 4 is 13.5 Å². The number of fused-ring (bicyclic) bond motifs is 1. The number of nitrogens with one attached hydrogen (secondary N) is 1. The van der Waals surface area contributed by atoms with Gasteiger partial charge in [-0.2, -0.15) is 0 Å². The van der Waals surface area contributed by atoms with Crippen LogP contribution in [0.5, 0.6) is 5.75 Å². The summed E-state index contributed by atoms with van der Waals surface area (Å²) < 4.78 is 22.7. The largest absolute Gasteiger partial charge is 0.464 e. The predicted molar refractivity (Wildman–Crippen MR) is 83.6 cm³/mol. The van der Waals surface area contributed by atoms with Crippen LogP contribution in [-0.4, -0.2) is 19.2 Å². The van der Waals surface area contributed by atoms with Gasteiger partial charge in [0.05, 0.1) is 6.61 Å². The zero-order valence-electron chi connectivity index (χ0n) is 13.3. The normalized spacial score (nSPS) is 23.4. The molecule has 1 heterocycles. The van der Waals surface area contributed by atoms with Crippen LogP contribution < -0.4 is 9.61 Å². The Bertz CT molecular complexity index is 530. The molecule has 2 atom stereocenters. The lowest BCUT2D eigenvalue weighted by Crippen LogP contribution is -2.33. The van der Waals surface area contributed by atoms with E-state index in [1.165, 1.54) is 6.66 Å². The monoisotopic (exact) mass is 313 g/mol. The van der Waals surface area contributed by atoms with Crippen LogP contribution in [0.25, 0.3) is 0 Å². The van der Waals surface area contributed by atoms with Gasteiger partial charge in [0.15, 0.2) is 0 Å². The Kier molecular flexibility index (Phi) is 6.43. The quantitative estimate of drug-likeness (QED) is 0.680. The minimum absolute atomic E-state index is 0.257. The highest BCUT2D eigenvalue weighted by Gasteiger charge is 2.37. The van der Waals surface area contributed by atoms with Gasteiger partial charge in [-0.25, -0.2) is 9.88 Å². The Balaban J connectivity index is 0.00000106. The summed E-state index contributed by atoms with van der Waals surface area (Å²) in [6, 6.07) is 6.32. The predicted octanol–water partition coefficient (Wildman–Crippen LogP) is 3.76. The number of esters is 1. The lowest BCUT2D eigenvalue weighted by molar-refractivity contribution is -0.147. The van der Waals surface area contributed by atoms with E-state index in [0.29, 0.717) is 17.9 Å². The third kappa shape index (κ3) is 4.87. The molecule has 21 heavy (non-hydrogen) atoms. The maximum absolute atomic E-state index is 12.1. The Labute approximate surface area is 126 Å². The summed E-state index contributed by atoms with van der Waals surface area (Å²) in [5.41, 5.74) is 0.657. The van der Waals surface area contributed by atoms with Gasteiger partial charge in [-0.1, -0.05) is 45.9 Å². The summed E-state index contributed by atoms with van der Waals surface area (Å²) in [4.78, 5) is 12.1. The van der Waals surface area contributed by atoms with Gasteiger partial charge in [-0.3, -0.25) is 4.57 Å². The molecule has 1 N–H and O–H groups in total. The molecule has 1 aromatic carbocycles. The summed E-state index contributed by atoms with van der Waals surface area (Å²) in [6.07, 6.45) is 0. The van der Waals surface area contributed by atoms with E-state index in [1.54, 1.807) is 24.3 Å². The fourth-order valence-corrected chi connectivity index (χ4v) is 3.14. The van der Waals surface area contributed by atoms with Crippen LogP contribution in [0, 0.1) is 5.92 Å². The van der Waals surface area contributed by atoms with Crippen LogP contribution in [0.3, 0.4) is 0 Å². The first-order valence-corrected chi connectivity index (χ1v) is 9.27. The van der Waals surface area contributed by atoms with E-state index in [2.05, 4.69) is 5.09 Å². The Morgan fingerprint density at radius 1 is 1.38 bits per heavy atom. The average Bonchev–Trinajstić information content (AvgIpc) is 2.45. The number of hydrogen-bond donors (Lipinski definition) is 1. The summed E-state index contributed by atoms with van der Waals surface area (Å²) in [7, 11) is -3.03. The molecule has 6 heteroatoms. The van der Waals surface area contributed by atoms with E-state index in [-0.39, 0.29) is 5.92 Å². The molecule has 1 aliphatic rings. The topological polar surface area (TPSA) is 64.6 Å². The van der Waals surface area contributed by atoms with Crippen LogP contribution in [0.1, 0.15) is 39.3 Å². The first-order valence-electron chi connectivity index (χ1n) is 7.19. The maximum atomic E-state index is 12.1. The average molecular weight is 313 g/mol. The molecule has 5 nitrogen and oxygen atoms in total. The maximum Gasteiger partial charge on any atom is 0.328 e. The van der Waals surface area contributed by atoms with E-state index in [9.17, 15) is 9.36 Å². The van der Waals surface area contributed by atoms with E-state index < -0.39 is 19.5 Å². The standard InChI is InChI=1S/C13H18NO4P.C2H6/c1-9(2)8-17-13(15)12-10-6-4-5-7-11(10)18-19(3,16)14-12;1-2/h4-7,9,12H,8H2,1-3H3,(H,14,16);1-2H3. The van der Waals surface area contributed by atoms with E-state index in [1.807, 2.05) is 27.7 Å². The van der Waals surface area contributed by atoms with Gasteiger partial charge in [-0.05, 0) is 12.0 Å². The number of carbonyl (C=O) groups excluding carboxylic acids is 1. The summed E-state index contributed by atoms with van der Waals surface area (Å²) in [5.74, 6) is 0.303. The molecule has 0 saturated carbocycles. The number of para-hydroxylation sites is 1. The van der Waals surface area contributed by atoms with Crippen molar-refractivity contribution in [3.63, 3.8) is 0 Å². The molecule has 0 radical (unpaired) electrons. The van der Waals surface area contributed by atoms with Crippen molar-refractivity contribution in [1.82, 2.24) is 5.09 Å². The molecule has 0 aromatic heterocycles. The zero-order chi connectivity index (χ0) is 16.0. The van der Waals surface area contributed by atoms with Crippen LogP contribution in [0.4, 0.5) is 0 Å². The molecule has 0 fully saturated rings. The SMILES string of the molecule is CC.CC(C)COC(=O)C1NP(C)(=O)Oc2ccccc21. The van der Waals surface area contributed by atoms with Gasteiger partial charge < -0.3 is 9.26 Å². The molecule has 2 unspecified atom stereocenters. The zero-order valence-corrected chi connectivity index (χ0v) is 14.1. The van der Waals surface area contributed by atoms with Crippen molar-refractivity contribution in [3.05, 3.63) is 29.8 Å². The number of hydrogen-bond acceptors (Lipinski definition) is 4.